The third-order valence-electron chi connectivity index (χ3n) is 6.21. The van der Waals surface area contributed by atoms with E-state index in [1.54, 1.807) is 0 Å². The van der Waals surface area contributed by atoms with E-state index in [1.165, 1.54) is 25.7 Å². The molecule has 3 fully saturated rings. The summed E-state index contributed by atoms with van der Waals surface area (Å²) in [6.45, 7) is 6.55. The summed E-state index contributed by atoms with van der Waals surface area (Å²) in [5.74, 6) is 2.10. The normalized spacial score (nSPS) is 40.5. The number of amides is 1. The van der Waals surface area contributed by atoms with Crippen LogP contribution >= 0.6 is 0 Å². The van der Waals surface area contributed by atoms with Crippen molar-refractivity contribution in [2.24, 2.45) is 28.9 Å². The Morgan fingerprint density at radius 1 is 1.10 bits per heavy atom. The van der Waals surface area contributed by atoms with E-state index in [-0.39, 0.29) is 11.3 Å². The third-order valence-corrected chi connectivity index (χ3v) is 6.21. The van der Waals surface area contributed by atoms with E-state index in [0.29, 0.717) is 17.9 Å². The Balaban J connectivity index is 1.66. The minimum Gasteiger partial charge on any atom is -0.342 e. The Bertz CT molecular complexity index is 379. The average molecular weight is 278 g/mol. The quantitative estimate of drug-likeness (QED) is 0.801. The average Bonchev–Trinajstić information content (AvgIpc) is 2.80. The number of rotatable bonds is 1. The summed E-state index contributed by atoms with van der Waals surface area (Å²) in [5, 5.41) is 0. The molecule has 3 heteroatoms. The summed E-state index contributed by atoms with van der Waals surface area (Å²) >= 11 is 0. The number of nitrogens with two attached hydrogens (primary N) is 1. The number of carbonyl (C=O) groups is 1. The van der Waals surface area contributed by atoms with Crippen molar-refractivity contribution >= 4 is 5.91 Å². The number of hydrogen-bond acceptors (Lipinski definition) is 2. The first-order valence-corrected chi connectivity index (χ1v) is 8.52. The molecule has 0 radical (unpaired) electrons. The molecule has 0 bridgehead atoms. The molecule has 4 atom stereocenters. The van der Waals surface area contributed by atoms with Gasteiger partial charge in [0.25, 0.3) is 0 Å². The second kappa shape index (κ2) is 5.32. The Morgan fingerprint density at radius 2 is 1.85 bits per heavy atom. The van der Waals surface area contributed by atoms with Crippen molar-refractivity contribution < 1.29 is 4.79 Å². The topological polar surface area (TPSA) is 46.3 Å². The van der Waals surface area contributed by atoms with Crippen LogP contribution in [-0.4, -0.2) is 29.9 Å². The van der Waals surface area contributed by atoms with Crippen LogP contribution in [0.15, 0.2) is 0 Å². The molecule has 2 unspecified atom stereocenters. The van der Waals surface area contributed by atoms with Gasteiger partial charge >= 0.3 is 0 Å². The van der Waals surface area contributed by atoms with E-state index in [0.717, 1.165) is 38.3 Å². The van der Waals surface area contributed by atoms with Gasteiger partial charge in [-0.1, -0.05) is 26.7 Å². The molecular weight excluding hydrogens is 248 g/mol. The van der Waals surface area contributed by atoms with Crippen molar-refractivity contribution in [3.8, 4) is 0 Å². The Hall–Kier alpha value is -0.570. The summed E-state index contributed by atoms with van der Waals surface area (Å²) < 4.78 is 0. The Labute approximate surface area is 123 Å². The van der Waals surface area contributed by atoms with Gasteiger partial charge in [0.2, 0.25) is 5.91 Å². The van der Waals surface area contributed by atoms with E-state index in [4.69, 9.17) is 5.73 Å². The van der Waals surface area contributed by atoms with Gasteiger partial charge in [0, 0.05) is 25.0 Å². The van der Waals surface area contributed by atoms with Gasteiger partial charge in [-0.2, -0.15) is 0 Å². The third kappa shape index (κ3) is 2.61. The molecule has 2 aliphatic carbocycles. The van der Waals surface area contributed by atoms with Gasteiger partial charge in [-0.05, 0) is 49.4 Å². The molecule has 1 heterocycles. The van der Waals surface area contributed by atoms with Crippen molar-refractivity contribution in [2.45, 2.75) is 64.8 Å². The minimum atomic E-state index is 0.194. The Morgan fingerprint density at radius 3 is 2.60 bits per heavy atom. The van der Waals surface area contributed by atoms with E-state index < -0.39 is 0 Å². The molecule has 1 saturated heterocycles. The molecule has 20 heavy (non-hydrogen) atoms. The fraction of sp³-hybridized carbons (Fsp3) is 0.941. The first-order valence-electron chi connectivity index (χ1n) is 8.52. The molecule has 1 amide bonds. The maximum Gasteiger partial charge on any atom is 0.226 e. The summed E-state index contributed by atoms with van der Waals surface area (Å²) in [4.78, 5) is 15.1. The molecule has 3 nitrogen and oxygen atoms in total. The predicted molar refractivity (Wildman–Crippen MR) is 81.1 cm³/mol. The molecule has 0 spiro atoms. The first kappa shape index (κ1) is 14.4. The van der Waals surface area contributed by atoms with Crippen LogP contribution in [0.5, 0.6) is 0 Å². The summed E-state index contributed by atoms with van der Waals surface area (Å²) in [7, 11) is 0. The van der Waals surface area contributed by atoms with Crippen LogP contribution in [-0.2, 0) is 4.79 Å². The predicted octanol–water partition coefficient (Wildman–Crippen LogP) is 2.79. The van der Waals surface area contributed by atoms with Crippen molar-refractivity contribution in [1.29, 1.82) is 0 Å². The highest BCUT2D eigenvalue weighted by molar-refractivity contribution is 5.80. The van der Waals surface area contributed by atoms with Gasteiger partial charge in [0.15, 0.2) is 0 Å². The fourth-order valence-electron chi connectivity index (χ4n) is 4.82. The molecule has 2 saturated carbocycles. The van der Waals surface area contributed by atoms with Crippen LogP contribution < -0.4 is 5.73 Å². The van der Waals surface area contributed by atoms with Gasteiger partial charge in [-0.15, -0.1) is 0 Å². The molecule has 0 aromatic carbocycles. The Kier molecular flexibility index (Phi) is 3.83. The highest BCUT2D eigenvalue weighted by atomic mass is 16.2. The lowest BCUT2D eigenvalue weighted by Gasteiger charge is -2.39. The van der Waals surface area contributed by atoms with Gasteiger partial charge < -0.3 is 10.6 Å². The van der Waals surface area contributed by atoms with Gasteiger partial charge in [-0.3, -0.25) is 4.79 Å². The lowest BCUT2D eigenvalue weighted by Crippen LogP contribution is -2.43. The molecule has 1 aliphatic heterocycles. The SMILES string of the molecule is CC1(C)CCCCC1C(=O)N1C[C@H]2CCC(N)C[C@H]2C1. The summed E-state index contributed by atoms with van der Waals surface area (Å²) in [6, 6.07) is 0.373. The van der Waals surface area contributed by atoms with Crippen molar-refractivity contribution in [1.82, 2.24) is 4.90 Å². The van der Waals surface area contributed by atoms with Crippen LogP contribution in [0.2, 0.25) is 0 Å². The zero-order chi connectivity index (χ0) is 14.3. The molecule has 3 rings (SSSR count). The van der Waals surface area contributed by atoms with Gasteiger partial charge in [0.1, 0.15) is 0 Å². The highest BCUT2D eigenvalue weighted by Crippen LogP contribution is 2.43. The minimum absolute atomic E-state index is 0.194. The van der Waals surface area contributed by atoms with E-state index in [9.17, 15) is 4.79 Å². The van der Waals surface area contributed by atoms with E-state index >= 15 is 0 Å². The monoisotopic (exact) mass is 278 g/mol. The lowest BCUT2D eigenvalue weighted by molar-refractivity contribution is -0.140. The van der Waals surface area contributed by atoms with Crippen LogP contribution in [0.1, 0.15) is 58.8 Å². The summed E-state index contributed by atoms with van der Waals surface area (Å²) in [6.07, 6.45) is 8.32. The molecular formula is C17H30N2O. The fourth-order valence-corrected chi connectivity index (χ4v) is 4.82. The lowest BCUT2D eigenvalue weighted by atomic mass is 9.68. The maximum absolute atomic E-state index is 12.9. The zero-order valence-corrected chi connectivity index (χ0v) is 13.1. The molecule has 3 aliphatic rings. The molecule has 0 aromatic rings. The number of hydrogen-bond donors (Lipinski definition) is 1. The van der Waals surface area contributed by atoms with Crippen LogP contribution in [0, 0.1) is 23.2 Å². The zero-order valence-electron chi connectivity index (χ0n) is 13.1. The van der Waals surface area contributed by atoms with E-state index in [1.807, 2.05) is 0 Å². The number of nitrogens with zero attached hydrogens (tertiary/aromatic N) is 1. The molecule has 114 valence electrons. The number of fused-ring (bicyclic) bond motifs is 1. The number of likely N-dealkylation sites (tertiary alicyclic amines) is 1. The van der Waals surface area contributed by atoms with Crippen LogP contribution in [0.3, 0.4) is 0 Å². The second-order valence-corrected chi connectivity index (χ2v) is 8.12. The van der Waals surface area contributed by atoms with Crippen LogP contribution in [0.4, 0.5) is 0 Å². The number of carbonyl (C=O) groups excluding carboxylic acids is 1. The first-order chi connectivity index (χ1) is 9.47. The highest BCUT2D eigenvalue weighted by Gasteiger charge is 2.44. The maximum atomic E-state index is 12.9. The van der Waals surface area contributed by atoms with Gasteiger partial charge in [0.05, 0.1) is 0 Å². The molecule has 2 N–H and O–H groups in total. The smallest absolute Gasteiger partial charge is 0.226 e. The summed E-state index contributed by atoms with van der Waals surface area (Å²) in [5.41, 5.74) is 6.29. The molecule has 0 aromatic heterocycles. The van der Waals surface area contributed by atoms with Crippen molar-refractivity contribution in [3.05, 3.63) is 0 Å². The second-order valence-electron chi connectivity index (χ2n) is 8.12. The van der Waals surface area contributed by atoms with E-state index in [2.05, 4.69) is 18.7 Å². The standard InChI is InChI=1S/C17H30N2O/c1-17(2)8-4-3-5-15(17)16(20)19-10-12-6-7-14(18)9-13(12)11-19/h12-15H,3-11,18H2,1-2H3/t12-,13+,14?,15?/m1/s1. The van der Waals surface area contributed by atoms with Crippen LogP contribution in [0.25, 0.3) is 0 Å². The van der Waals surface area contributed by atoms with Crippen molar-refractivity contribution in [2.75, 3.05) is 13.1 Å². The van der Waals surface area contributed by atoms with Crippen molar-refractivity contribution in [3.63, 3.8) is 0 Å². The largest absolute Gasteiger partial charge is 0.342 e. The van der Waals surface area contributed by atoms with Gasteiger partial charge in [-0.25, -0.2) is 0 Å².